The van der Waals surface area contributed by atoms with Crippen LogP contribution in [0.25, 0.3) is 11.0 Å². The van der Waals surface area contributed by atoms with Gasteiger partial charge in [0.25, 0.3) is 0 Å². The molecule has 2 aromatic carbocycles. The Balaban J connectivity index is 1.88. The summed E-state index contributed by atoms with van der Waals surface area (Å²) in [5.74, 6) is 3.07. The van der Waals surface area contributed by atoms with E-state index in [4.69, 9.17) is 13.9 Å². The van der Waals surface area contributed by atoms with Crippen molar-refractivity contribution >= 4 is 38.6 Å². The molecule has 0 aliphatic heterocycles. The van der Waals surface area contributed by atoms with Crippen LogP contribution in [-0.2, 0) is 16.1 Å². The third-order valence-electron chi connectivity index (χ3n) is 4.37. The van der Waals surface area contributed by atoms with Crippen molar-refractivity contribution in [1.82, 2.24) is 0 Å². The maximum absolute atomic E-state index is 12.7. The molecule has 0 fully saturated rings. The average Bonchev–Trinajstić information content (AvgIpc) is 3.14. The van der Waals surface area contributed by atoms with Gasteiger partial charge in [-0.2, -0.15) is 0 Å². The van der Waals surface area contributed by atoms with E-state index in [0.717, 1.165) is 16.6 Å². The fourth-order valence-corrected chi connectivity index (χ4v) is 3.22. The predicted octanol–water partition coefficient (Wildman–Crippen LogP) is 5.51. The summed E-state index contributed by atoms with van der Waals surface area (Å²) in [5, 5.41) is 0.827. The van der Waals surface area contributed by atoms with Gasteiger partial charge in [-0.3, -0.25) is 0 Å². The molecule has 0 amide bonds. The lowest BCUT2D eigenvalue weighted by Gasteiger charge is -2.27. The monoisotopic (exact) mass is 469 g/mol. The molecule has 5 nitrogen and oxygen atoms in total. The van der Waals surface area contributed by atoms with Crippen LogP contribution in [0.4, 0.5) is 5.69 Å². The molecule has 3 rings (SSSR count). The molecular formula is C24H24BrNO4. The second-order valence-corrected chi connectivity index (χ2v) is 8.21. The first kappa shape index (κ1) is 21.8. The minimum absolute atomic E-state index is 0.428. The number of anilines is 1. The van der Waals surface area contributed by atoms with Crippen LogP contribution in [0, 0.1) is 10.8 Å². The van der Waals surface area contributed by atoms with Gasteiger partial charge in [-0.15, -0.1) is 0 Å². The predicted molar refractivity (Wildman–Crippen MR) is 122 cm³/mol. The van der Waals surface area contributed by atoms with Gasteiger partial charge >= 0.3 is 5.97 Å². The van der Waals surface area contributed by atoms with E-state index in [2.05, 4.69) is 26.7 Å². The molecule has 156 valence electrons. The molecule has 0 saturated carbocycles. The van der Waals surface area contributed by atoms with Gasteiger partial charge in [-0.1, -0.05) is 42.3 Å². The number of fused-ring (bicyclic) bond motifs is 1. The summed E-state index contributed by atoms with van der Waals surface area (Å²) in [6.07, 6.45) is 1.60. The maximum atomic E-state index is 12.7. The fourth-order valence-electron chi connectivity index (χ4n) is 3.00. The van der Waals surface area contributed by atoms with E-state index in [1.54, 1.807) is 18.2 Å². The summed E-state index contributed by atoms with van der Waals surface area (Å²) in [6.45, 7) is 5.91. The summed E-state index contributed by atoms with van der Waals surface area (Å²) in [7, 11) is 1.79. The Morgan fingerprint density at radius 2 is 1.90 bits per heavy atom. The number of hydrogen-bond acceptors (Lipinski definition) is 5. The zero-order valence-corrected chi connectivity index (χ0v) is 19.0. The van der Waals surface area contributed by atoms with Crippen molar-refractivity contribution in [2.24, 2.45) is 0 Å². The molecule has 0 radical (unpaired) electrons. The van der Waals surface area contributed by atoms with E-state index in [1.165, 1.54) is 0 Å². The quantitative estimate of drug-likeness (QED) is 0.351. The minimum Gasteiger partial charge on any atom is -0.485 e. The van der Waals surface area contributed by atoms with Crippen molar-refractivity contribution in [3.05, 3.63) is 60.4 Å². The first-order valence-electron chi connectivity index (χ1n) is 9.54. The fraction of sp³-hybridized carbons (Fsp3) is 0.292. The molecule has 1 atom stereocenters. The Morgan fingerprint density at radius 3 is 2.57 bits per heavy atom. The number of nitrogens with zero attached hydrogens (tertiary/aromatic N) is 1. The third kappa shape index (κ3) is 5.17. The number of ether oxygens (including phenoxy) is 2. The molecular weight excluding hydrogens is 446 g/mol. The standard InChI is InChI=1S/C24H24BrNO4/c1-24(2,3)30-23(27)19(13-14-25)26(4)20-16-29-22-18(20)11-8-12-21(22)28-15-17-9-6-5-7-10-17/h5-12,16,19H,15H2,1-4H3. The van der Waals surface area contributed by atoms with Crippen molar-refractivity contribution in [3.8, 4) is 16.5 Å². The zero-order chi connectivity index (χ0) is 21.7. The van der Waals surface area contributed by atoms with E-state index in [1.807, 2.05) is 69.3 Å². The molecule has 1 unspecified atom stereocenters. The van der Waals surface area contributed by atoms with Crippen molar-refractivity contribution in [2.75, 3.05) is 11.9 Å². The maximum Gasteiger partial charge on any atom is 0.342 e. The van der Waals surface area contributed by atoms with E-state index in [0.29, 0.717) is 17.9 Å². The average molecular weight is 470 g/mol. The van der Waals surface area contributed by atoms with Gasteiger partial charge in [0.15, 0.2) is 17.4 Å². The first-order valence-corrected chi connectivity index (χ1v) is 10.3. The van der Waals surface area contributed by atoms with Crippen LogP contribution in [0.1, 0.15) is 26.3 Å². The highest BCUT2D eigenvalue weighted by Gasteiger charge is 2.29. The Bertz CT molecular complexity index is 1070. The molecule has 0 spiro atoms. The van der Waals surface area contributed by atoms with E-state index < -0.39 is 17.6 Å². The van der Waals surface area contributed by atoms with Gasteiger partial charge in [0.05, 0.1) is 5.69 Å². The number of carbonyl (C=O) groups excluding carboxylic acids is 1. The lowest BCUT2D eigenvalue weighted by Crippen LogP contribution is -2.41. The van der Waals surface area contributed by atoms with Crippen LogP contribution in [0.5, 0.6) is 5.75 Å². The number of esters is 1. The summed E-state index contributed by atoms with van der Waals surface area (Å²) in [6, 6.07) is 14.8. The van der Waals surface area contributed by atoms with Crippen LogP contribution in [0.2, 0.25) is 0 Å². The Labute approximate surface area is 185 Å². The molecule has 1 heterocycles. The number of furan rings is 1. The Morgan fingerprint density at radius 1 is 1.17 bits per heavy atom. The highest BCUT2D eigenvalue weighted by Crippen LogP contribution is 2.35. The first-order chi connectivity index (χ1) is 14.3. The van der Waals surface area contributed by atoms with E-state index in [9.17, 15) is 4.79 Å². The van der Waals surface area contributed by atoms with Crippen molar-refractivity contribution in [1.29, 1.82) is 0 Å². The Kier molecular flexibility index (Phi) is 6.73. The van der Waals surface area contributed by atoms with Gasteiger partial charge in [-0.05, 0) is 43.3 Å². The van der Waals surface area contributed by atoms with Crippen molar-refractivity contribution in [3.63, 3.8) is 0 Å². The van der Waals surface area contributed by atoms with Gasteiger partial charge in [0, 0.05) is 28.4 Å². The second kappa shape index (κ2) is 9.27. The van der Waals surface area contributed by atoms with E-state index >= 15 is 0 Å². The van der Waals surface area contributed by atoms with Crippen molar-refractivity contribution in [2.45, 2.75) is 39.0 Å². The highest BCUT2D eigenvalue weighted by atomic mass is 79.9. The number of para-hydroxylation sites is 1. The molecule has 6 heteroatoms. The van der Waals surface area contributed by atoms with Gasteiger partial charge < -0.3 is 18.8 Å². The van der Waals surface area contributed by atoms with Crippen molar-refractivity contribution < 1.29 is 18.7 Å². The number of halogens is 1. The summed E-state index contributed by atoms with van der Waals surface area (Å²) >= 11 is 3.09. The molecule has 0 N–H and O–H groups in total. The number of hydrogen-bond donors (Lipinski definition) is 0. The topological polar surface area (TPSA) is 51.9 Å². The number of likely N-dealkylation sites (N-methyl/N-ethyl adjacent to an activating group) is 1. The summed E-state index contributed by atoms with van der Waals surface area (Å²) in [4.78, 5) is 17.1. The van der Waals surface area contributed by atoms with Crippen LogP contribution < -0.4 is 9.64 Å². The molecule has 0 bridgehead atoms. The second-order valence-electron chi connectivity index (χ2n) is 7.81. The lowest BCUT2D eigenvalue weighted by molar-refractivity contribution is -0.154. The SMILES string of the molecule is CN(c1coc2c(OCc3ccccc3)cccc12)C(C#CBr)C(=O)OC(C)(C)C. The van der Waals surface area contributed by atoms with Crippen LogP contribution in [-0.4, -0.2) is 24.7 Å². The summed E-state index contributed by atoms with van der Waals surface area (Å²) < 4.78 is 17.3. The van der Waals surface area contributed by atoms with Crippen LogP contribution >= 0.6 is 15.9 Å². The van der Waals surface area contributed by atoms with Gasteiger partial charge in [0.1, 0.15) is 18.5 Å². The van der Waals surface area contributed by atoms with Gasteiger partial charge in [0.2, 0.25) is 0 Å². The largest absolute Gasteiger partial charge is 0.485 e. The van der Waals surface area contributed by atoms with E-state index in [-0.39, 0.29) is 0 Å². The van der Waals surface area contributed by atoms with Crippen LogP contribution in [0.15, 0.2) is 59.2 Å². The van der Waals surface area contributed by atoms with Crippen LogP contribution in [0.3, 0.4) is 0 Å². The molecule has 30 heavy (non-hydrogen) atoms. The molecule has 0 aliphatic carbocycles. The number of benzene rings is 2. The lowest BCUT2D eigenvalue weighted by atomic mass is 10.1. The highest BCUT2D eigenvalue weighted by molar-refractivity contribution is 9.12. The Hall–Kier alpha value is -2.91. The molecule has 3 aromatic rings. The molecule has 0 aliphatic rings. The normalized spacial score (nSPS) is 12.0. The number of carbonyl (C=O) groups is 1. The summed E-state index contributed by atoms with van der Waals surface area (Å²) in [5.41, 5.74) is 1.79. The number of rotatable bonds is 6. The third-order valence-corrected chi connectivity index (χ3v) is 4.60. The molecule has 1 aromatic heterocycles. The minimum atomic E-state index is -0.793. The molecule has 0 saturated heterocycles. The smallest absolute Gasteiger partial charge is 0.342 e. The van der Waals surface area contributed by atoms with Gasteiger partial charge in [-0.25, -0.2) is 4.79 Å². The zero-order valence-electron chi connectivity index (χ0n) is 17.4.